The molecular formula is C14H11Cl2NO4S. The zero-order valence-electron chi connectivity index (χ0n) is 11.3. The van der Waals surface area contributed by atoms with Crippen LogP contribution in [0.3, 0.4) is 0 Å². The number of hydrogen-bond donors (Lipinski definition) is 1. The maximum atomic E-state index is 12.3. The van der Waals surface area contributed by atoms with E-state index in [9.17, 15) is 13.2 Å². The zero-order valence-corrected chi connectivity index (χ0v) is 13.7. The van der Waals surface area contributed by atoms with Crippen molar-refractivity contribution in [2.75, 3.05) is 11.8 Å². The average molecular weight is 360 g/mol. The molecule has 2 aromatic rings. The van der Waals surface area contributed by atoms with Gasteiger partial charge in [0.2, 0.25) is 0 Å². The van der Waals surface area contributed by atoms with E-state index >= 15 is 0 Å². The Labute approximate surface area is 137 Å². The van der Waals surface area contributed by atoms with Gasteiger partial charge in [-0.15, -0.1) is 0 Å². The molecule has 0 atom stereocenters. The van der Waals surface area contributed by atoms with Gasteiger partial charge in [0.1, 0.15) is 4.90 Å². The van der Waals surface area contributed by atoms with Crippen LogP contribution in [0, 0.1) is 0 Å². The molecule has 0 amide bonds. The standard InChI is InChI=1S/C14H11Cl2NO4S/c1-21-14(18)9-5-7-10(8-6-9)17-22(19,20)12-4-2-3-11(15)13(12)16/h2-8,17H,1H3. The SMILES string of the molecule is COC(=O)c1ccc(NS(=O)(=O)c2cccc(Cl)c2Cl)cc1. The molecule has 0 bridgehead atoms. The number of methoxy groups -OCH3 is 1. The van der Waals surface area contributed by atoms with Crippen molar-refractivity contribution >= 4 is 44.9 Å². The van der Waals surface area contributed by atoms with Gasteiger partial charge in [-0.05, 0) is 36.4 Å². The van der Waals surface area contributed by atoms with E-state index < -0.39 is 16.0 Å². The number of carbonyl (C=O) groups excluding carboxylic acids is 1. The molecule has 0 heterocycles. The topological polar surface area (TPSA) is 72.5 Å². The van der Waals surface area contributed by atoms with Gasteiger partial charge in [-0.3, -0.25) is 4.72 Å². The number of ether oxygens (including phenoxy) is 1. The highest BCUT2D eigenvalue weighted by Gasteiger charge is 2.19. The third-order valence-electron chi connectivity index (χ3n) is 2.76. The monoisotopic (exact) mass is 359 g/mol. The first-order valence-corrected chi connectivity index (χ1v) is 8.24. The van der Waals surface area contributed by atoms with E-state index in [1.807, 2.05) is 0 Å². The summed E-state index contributed by atoms with van der Waals surface area (Å²) >= 11 is 11.7. The number of anilines is 1. The van der Waals surface area contributed by atoms with E-state index in [-0.39, 0.29) is 20.6 Å². The number of carbonyl (C=O) groups is 1. The second kappa shape index (κ2) is 6.56. The van der Waals surface area contributed by atoms with Crippen molar-refractivity contribution < 1.29 is 17.9 Å². The van der Waals surface area contributed by atoms with Crippen LogP contribution < -0.4 is 4.72 Å². The van der Waals surface area contributed by atoms with E-state index in [1.54, 1.807) is 0 Å². The highest BCUT2D eigenvalue weighted by atomic mass is 35.5. The van der Waals surface area contributed by atoms with Gasteiger partial charge < -0.3 is 4.74 Å². The molecule has 0 fully saturated rings. The Morgan fingerprint density at radius 3 is 2.32 bits per heavy atom. The highest BCUT2D eigenvalue weighted by molar-refractivity contribution is 7.92. The van der Waals surface area contributed by atoms with Crippen LogP contribution >= 0.6 is 23.2 Å². The van der Waals surface area contributed by atoms with Crippen LogP contribution in [0.1, 0.15) is 10.4 Å². The first-order valence-electron chi connectivity index (χ1n) is 6.00. The summed E-state index contributed by atoms with van der Waals surface area (Å²) in [6.45, 7) is 0. The summed E-state index contributed by atoms with van der Waals surface area (Å²) in [7, 11) is -2.62. The molecule has 2 aromatic carbocycles. The van der Waals surface area contributed by atoms with Crippen molar-refractivity contribution in [3.05, 3.63) is 58.1 Å². The van der Waals surface area contributed by atoms with Crippen molar-refractivity contribution in [1.82, 2.24) is 0 Å². The van der Waals surface area contributed by atoms with Gasteiger partial charge in [-0.2, -0.15) is 0 Å². The minimum absolute atomic E-state index is 0.0529. The maximum Gasteiger partial charge on any atom is 0.337 e. The van der Waals surface area contributed by atoms with Gasteiger partial charge >= 0.3 is 5.97 Å². The van der Waals surface area contributed by atoms with Crippen molar-refractivity contribution in [3.63, 3.8) is 0 Å². The zero-order chi connectivity index (χ0) is 16.3. The number of benzene rings is 2. The molecule has 0 unspecified atom stereocenters. The summed E-state index contributed by atoms with van der Waals surface area (Å²) in [6, 6.07) is 10.1. The molecule has 0 aliphatic rings. The molecule has 0 radical (unpaired) electrons. The van der Waals surface area contributed by atoms with E-state index in [4.69, 9.17) is 23.2 Å². The Morgan fingerprint density at radius 2 is 1.73 bits per heavy atom. The summed E-state index contributed by atoms with van der Waals surface area (Å²) in [5.41, 5.74) is 0.593. The van der Waals surface area contributed by atoms with Crippen molar-refractivity contribution in [2.24, 2.45) is 0 Å². The Bertz CT molecular complexity index is 804. The molecule has 0 saturated carbocycles. The fourth-order valence-electron chi connectivity index (χ4n) is 1.69. The lowest BCUT2D eigenvalue weighted by Gasteiger charge is -2.10. The lowest BCUT2D eigenvalue weighted by molar-refractivity contribution is 0.0601. The van der Waals surface area contributed by atoms with E-state index in [2.05, 4.69) is 9.46 Å². The lowest BCUT2D eigenvalue weighted by atomic mass is 10.2. The second-order valence-corrected chi connectivity index (χ2v) is 6.66. The van der Waals surface area contributed by atoms with Crippen molar-refractivity contribution in [3.8, 4) is 0 Å². The summed E-state index contributed by atoms with van der Waals surface area (Å²) in [5, 5.41) is 0.0911. The van der Waals surface area contributed by atoms with Crippen LogP contribution in [-0.2, 0) is 14.8 Å². The third kappa shape index (κ3) is 3.52. The Kier molecular flexibility index (Phi) is 4.95. The summed E-state index contributed by atoms with van der Waals surface area (Å²) in [4.78, 5) is 11.2. The second-order valence-electron chi connectivity index (χ2n) is 4.23. The molecule has 2 rings (SSSR count). The van der Waals surface area contributed by atoms with Gasteiger partial charge in [0.05, 0.1) is 22.7 Å². The minimum atomic E-state index is -3.89. The smallest absolute Gasteiger partial charge is 0.337 e. The van der Waals surface area contributed by atoms with E-state index in [0.717, 1.165) is 0 Å². The first kappa shape index (κ1) is 16.6. The molecule has 0 aliphatic heterocycles. The number of hydrogen-bond acceptors (Lipinski definition) is 4. The van der Waals surface area contributed by atoms with Crippen LogP contribution in [0.15, 0.2) is 47.4 Å². The van der Waals surface area contributed by atoms with Gasteiger partial charge in [-0.1, -0.05) is 29.3 Å². The molecule has 22 heavy (non-hydrogen) atoms. The Hall–Kier alpha value is -1.76. The Balaban J connectivity index is 2.29. The molecular weight excluding hydrogens is 349 g/mol. The quantitative estimate of drug-likeness (QED) is 0.846. The highest BCUT2D eigenvalue weighted by Crippen LogP contribution is 2.30. The molecule has 116 valence electrons. The van der Waals surface area contributed by atoms with Crippen LogP contribution in [0.4, 0.5) is 5.69 Å². The number of esters is 1. The summed E-state index contributed by atoms with van der Waals surface area (Å²) in [5.74, 6) is -0.507. The largest absolute Gasteiger partial charge is 0.465 e. The fourth-order valence-corrected chi connectivity index (χ4v) is 3.52. The minimum Gasteiger partial charge on any atom is -0.465 e. The molecule has 1 N–H and O–H groups in total. The van der Waals surface area contributed by atoms with Crippen LogP contribution in [0.5, 0.6) is 0 Å². The van der Waals surface area contributed by atoms with Gasteiger partial charge in [0.25, 0.3) is 10.0 Å². The number of halogens is 2. The first-order chi connectivity index (χ1) is 10.3. The van der Waals surface area contributed by atoms with Crippen LogP contribution in [0.25, 0.3) is 0 Å². The normalized spacial score (nSPS) is 11.0. The molecule has 8 heteroatoms. The molecule has 5 nitrogen and oxygen atoms in total. The third-order valence-corrected chi connectivity index (χ3v) is 5.12. The molecule has 0 aliphatic carbocycles. The van der Waals surface area contributed by atoms with Crippen LogP contribution in [0.2, 0.25) is 10.0 Å². The molecule has 0 spiro atoms. The average Bonchev–Trinajstić information content (AvgIpc) is 2.49. The number of nitrogens with one attached hydrogen (secondary N) is 1. The maximum absolute atomic E-state index is 12.3. The van der Waals surface area contributed by atoms with E-state index in [1.165, 1.54) is 49.6 Å². The van der Waals surface area contributed by atoms with Crippen molar-refractivity contribution in [2.45, 2.75) is 4.90 Å². The summed E-state index contributed by atoms with van der Waals surface area (Å²) < 4.78 is 31.5. The van der Waals surface area contributed by atoms with Gasteiger partial charge in [-0.25, -0.2) is 13.2 Å². The lowest BCUT2D eigenvalue weighted by Crippen LogP contribution is -2.13. The number of rotatable bonds is 4. The van der Waals surface area contributed by atoms with Gasteiger partial charge in [0, 0.05) is 5.69 Å². The molecule has 0 saturated heterocycles. The predicted octanol–water partition coefficient (Wildman–Crippen LogP) is 3.58. The van der Waals surface area contributed by atoms with Crippen molar-refractivity contribution in [1.29, 1.82) is 0 Å². The summed E-state index contributed by atoms with van der Waals surface area (Å²) in [6.07, 6.45) is 0. The van der Waals surface area contributed by atoms with E-state index in [0.29, 0.717) is 5.56 Å². The fraction of sp³-hybridized carbons (Fsp3) is 0.0714. The number of sulfonamides is 1. The van der Waals surface area contributed by atoms with Crippen LogP contribution in [-0.4, -0.2) is 21.5 Å². The Morgan fingerprint density at radius 1 is 1.09 bits per heavy atom. The predicted molar refractivity (Wildman–Crippen MR) is 85.1 cm³/mol. The van der Waals surface area contributed by atoms with Gasteiger partial charge in [0.15, 0.2) is 0 Å². The molecule has 0 aromatic heterocycles.